The summed E-state index contributed by atoms with van der Waals surface area (Å²) in [5.74, 6) is 0. The van der Waals surface area contributed by atoms with E-state index in [0.29, 0.717) is 6.42 Å². The maximum atomic E-state index is 8.91. The van der Waals surface area contributed by atoms with Gasteiger partial charge in [-0.3, -0.25) is 0 Å². The van der Waals surface area contributed by atoms with Crippen molar-refractivity contribution in [2.24, 2.45) is 0 Å². The Kier molecular flexibility index (Phi) is 3.84. The summed E-state index contributed by atoms with van der Waals surface area (Å²) >= 11 is 3.44. The molecule has 0 aromatic heterocycles. The van der Waals surface area contributed by atoms with Gasteiger partial charge in [-0.25, -0.2) is 0 Å². The molecule has 2 aromatic carbocycles. The number of hydrogen-bond acceptors (Lipinski definition) is 1. The van der Waals surface area contributed by atoms with Gasteiger partial charge in [0.25, 0.3) is 0 Å². The molecule has 0 heterocycles. The van der Waals surface area contributed by atoms with E-state index in [-0.39, 0.29) is 0 Å². The summed E-state index contributed by atoms with van der Waals surface area (Å²) in [6, 6.07) is 14.7. The Morgan fingerprint density at radius 3 is 2.33 bits per heavy atom. The lowest BCUT2D eigenvalue weighted by Gasteiger charge is -2.12. The first-order chi connectivity index (χ1) is 8.63. The predicted molar refractivity (Wildman–Crippen MR) is 78.4 cm³/mol. The third-order valence-corrected chi connectivity index (χ3v) is 3.77. The van der Waals surface area contributed by atoms with E-state index in [1.54, 1.807) is 0 Å². The van der Waals surface area contributed by atoms with Crippen LogP contribution in [0.4, 0.5) is 0 Å². The van der Waals surface area contributed by atoms with Crippen LogP contribution in [-0.4, -0.2) is 0 Å². The molecule has 0 aliphatic heterocycles. The first-order valence-electron chi connectivity index (χ1n) is 5.85. The van der Waals surface area contributed by atoms with Gasteiger partial charge in [0.2, 0.25) is 0 Å². The summed E-state index contributed by atoms with van der Waals surface area (Å²) in [6.07, 6.45) is 0.474. The maximum absolute atomic E-state index is 8.91. The minimum atomic E-state index is 0.474. The fraction of sp³-hybridized carbons (Fsp3) is 0.188. The number of aryl methyl sites for hydroxylation is 1. The van der Waals surface area contributed by atoms with Crippen LogP contribution in [0, 0.1) is 25.2 Å². The second kappa shape index (κ2) is 5.37. The molecule has 0 N–H and O–H groups in total. The van der Waals surface area contributed by atoms with Crippen LogP contribution in [0.25, 0.3) is 11.1 Å². The second-order valence-corrected chi connectivity index (χ2v) is 5.29. The smallest absolute Gasteiger partial charge is 0.0669 e. The highest BCUT2D eigenvalue weighted by Crippen LogP contribution is 2.29. The molecular weight excluding hydrogens is 286 g/mol. The molecule has 0 spiro atoms. The van der Waals surface area contributed by atoms with Gasteiger partial charge in [-0.15, -0.1) is 0 Å². The lowest BCUT2D eigenvalue weighted by Crippen LogP contribution is -1.95. The van der Waals surface area contributed by atoms with Gasteiger partial charge in [0.05, 0.1) is 12.5 Å². The third kappa shape index (κ3) is 2.47. The van der Waals surface area contributed by atoms with Crippen molar-refractivity contribution in [3.63, 3.8) is 0 Å². The molecule has 0 aliphatic rings. The molecule has 0 unspecified atom stereocenters. The van der Waals surface area contributed by atoms with Gasteiger partial charge in [0, 0.05) is 4.47 Å². The number of benzene rings is 2. The summed E-state index contributed by atoms with van der Waals surface area (Å²) in [6.45, 7) is 4.15. The van der Waals surface area contributed by atoms with Crippen LogP contribution in [-0.2, 0) is 6.42 Å². The minimum Gasteiger partial charge on any atom is -0.198 e. The monoisotopic (exact) mass is 299 g/mol. The van der Waals surface area contributed by atoms with E-state index in [4.69, 9.17) is 5.26 Å². The minimum absolute atomic E-state index is 0.474. The number of nitrogens with zero attached hydrogens (tertiary/aromatic N) is 1. The van der Waals surface area contributed by atoms with Crippen molar-refractivity contribution in [1.82, 2.24) is 0 Å². The molecule has 2 heteroatoms. The standard InChI is InChI=1S/C16H14BrN/c1-11-3-8-16(12(2)15(11)9-10-18)13-4-6-14(17)7-5-13/h3-8H,9H2,1-2H3. The van der Waals surface area contributed by atoms with Gasteiger partial charge >= 0.3 is 0 Å². The van der Waals surface area contributed by atoms with Crippen molar-refractivity contribution in [1.29, 1.82) is 5.26 Å². The lowest BCUT2D eigenvalue weighted by molar-refractivity contribution is 1.17. The van der Waals surface area contributed by atoms with Crippen LogP contribution in [0.1, 0.15) is 16.7 Å². The van der Waals surface area contributed by atoms with Gasteiger partial charge in [-0.2, -0.15) is 5.26 Å². The van der Waals surface area contributed by atoms with Gasteiger partial charge in [0.1, 0.15) is 0 Å². The molecule has 2 rings (SSSR count). The average Bonchev–Trinajstić information content (AvgIpc) is 2.36. The molecular formula is C16H14BrN. The van der Waals surface area contributed by atoms with E-state index < -0.39 is 0 Å². The summed E-state index contributed by atoms with van der Waals surface area (Å²) in [5.41, 5.74) is 5.94. The Morgan fingerprint density at radius 1 is 1.06 bits per heavy atom. The summed E-state index contributed by atoms with van der Waals surface area (Å²) in [5, 5.41) is 8.91. The van der Waals surface area contributed by atoms with Crippen LogP contribution in [0.2, 0.25) is 0 Å². The molecule has 2 aromatic rings. The van der Waals surface area contributed by atoms with E-state index >= 15 is 0 Å². The van der Waals surface area contributed by atoms with Crippen molar-refractivity contribution in [2.45, 2.75) is 20.3 Å². The number of halogens is 1. The number of nitriles is 1. The molecule has 0 aliphatic carbocycles. The molecule has 0 saturated heterocycles. The zero-order valence-corrected chi connectivity index (χ0v) is 12.1. The summed E-state index contributed by atoms with van der Waals surface area (Å²) < 4.78 is 1.08. The SMILES string of the molecule is Cc1ccc(-c2ccc(Br)cc2)c(C)c1CC#N. The Morgan fingerprint density at radius 2 is 1.72 bits per heavy atom. The highest BCUT2D eigenvalue weighted by molar-refractivity contribution is 9.10. The van der Waals surface area contributed by atoms with E-state index in [1.165, 1.54) is 22.3 Å². The maximum Gasteiger partial charge on any atom is 0.0669 e. The summed E-state index contributed by atoms with van der Waals surface area (Å²) in [7, 11) is 0. The van der Waals surface area contributed by atoms with E-state index in [9.17, 15) is 0 Å². The van der Waals surface area contributed by atoms with Crippen LogP contribution in [0.5, 0.6) is 0 Å². The Balaban J connectivity index is 2.56. The molecule has 0 bridgehead atoms. The van der Waals surface area contributed by atoms with E-state index in [0.717, 1.165) is 10.0 Å². The largest absolute Gasteiger partial charge is 0.198 e. The van der Waals surface area contributed by atoms with Gasteiger partial charge in [0.15, 0.2) is 0 Å². The van der Waals surface area contributed by atoms with Crippen molar-refractivity contribution >= 4 is 15.9 Å². The topological polar surface area (TPSA) is 23.8 Å². The van der Waals surface area contributed by atoms with Crippen LogP contribution >= 0.6 is 15.9 Å². The Hall–Kier alpha value is -1.59. The average molecular weight is 300 g/mol. The zero-order valence-electron chi connectivity index (χ0n) is 10.5. The third-order valence-electron chi connectivity index (χ3n) is 3.24. The van der Waals surface area contributed by atoms with Crippen LogP contribution in [0.15, 0.2) is 40.9 Å². The first-order valence-corrected chi connectivity index (χ1v) is 6.64. The number of hydrogen-bond donors (Lipinski definition) is 0. The van der Waals surface area contributed by atoms with Crippen LogP contribution in [0.3, 0.4) is 0 Å². The Bertz CT molecular complexity index is 606. The molecule has 90 valence electrons. The predicted octanol–water partition coefficient (Wildman–Crippen LogP) is 4.80. The van der Waals surface area contributed by atoms with Crippen molar-refractivity contribution in [3.8, 4) is 17.2 Å². The zero-order chi connectivity index (χ0) is 13.1. The van der Waals surface area contributed by atoms with Gasteiger partial charge < -0.3 is 0 Å². The van der Waals surface area contributed by atoms with Gasteiger partial charge in [-0.1, -0.05) is 40.2 Å². The van der Waals surface area contributed by atoms with Crippen molar-refractivity contribution in [2.75, 3.05) is 0 Å². The molecule has 0 radical (unpaired) electrons. The number of rotatable bonds is 2. The molecule has 18 heavy (non-hydrogen) atoms. The second-order valence-electron chi connectivity index (χ2n) is 4.38. The van der Waals surface area contributed by atoms with Gasteiger partial charge in [-0.05, 0) is 53.8 Å². The van der Waals surface area contributed by atoms with E-state index in [2.05, 4.69) is 60.1 Å². The molecule has 0 fully saturated rings. The molecule has 0 saturated carbocycles. The van der Waals surface area contributed by atoms with Crippen LogP contribution < -0.4 is 0 Å². The molecule has 1 nitrogen and oxygen atoms in total. The summed E-state index contributed by atoms with van der Waals surface area (Å²) in [4.78, 5) is 0. The highest BCUT2D eigenvalue weighted by Gasteiger charge is 2.08. The fourth-order valence-electron chi connectivity index (χ4n) is 2.19. The molecule has 0 amide bonds. The first kappa shape index (κ1) is 12.9. The van der Waals surface area contributed by atoms with Crippen molar-refractivity contribution < 1.29 is 0 Å². The lowest BCUT2D eigenvalue weighted by atomic mass is 9.92. The quantitative estimate of drug-likeness (QED) is 0.781. The fourth-order valence-corrected chi connectivity index (χ4v) is 2.45. The van der Waals surface area contributed by atoms with Crippen molar-refractivity contribution in [3.05, 3.63) is 57.6 Å². The normalized spacial score (nSPS) is 10.1. The Labute approximate surface area is 116 Å². The molecule has 0 atom stereocenters. The van der Waals surface area contributed by atoms with E-state index in [1.807, 2.05) is 12.1 Å². The highest BCUT2D eigenvalue weighted by atomic mass is 79.9.